The topological polar surface area (TPSA) is 78.5 Å². The number of amides is 4. The Labute approximate surface area is 122 Å². The minimum Gasteiger partial charge on any atom is -0.336 e. The van der Waals surface area contributed by atoms with Crippen molar-refractivity contribution in [3.8, 4) is 0 Å². The van der Waals surface area contributed by atoms with Gasteiger partial charge in [-0.05, 0) is 31.9 Å². The average Bonchev–Trinajstić information content (AvgIpc) is 2.73. The largest absolute Gasteiger partial charge is 0.336 e. The number of nitrogens with zero attached hydrogens (tertiary/aromatic N) is 1. The number of likely N-dealkylation sites (tertiary alicyclic amines) is 1. The minimum atomic E-state index is -0.963. The SMILES string of the molecule is Cc1ccc(C(=O)N2CCCC3(C2)NC(=O)NC3=O)cc1. The van der Waals surface area contributed by atoms with Crippen LogP contribution in [0.3, 0.4) is 0 Å². The zero-order valence-corrected chi connectivity index (χ0v) is 11.8. The van der Waals surface area contributed by atoms with Gasteiger partial charge in [-0.2, -0.15) is 0 Å². The van der Waals surface area contributed by atoms with Crippen LogP contribution in [0.2, 0.25) is 0 Å². The Balaban J connectivity index is 1.80. The number of nitrogens with one attached hydrogen (secondary N) is 2. The Kier molecular flexibility index (Phi) is 3.16. The molecule has 1 aromatic carbocycles. The molecule has 2 aliphatic rings. The van der Waals surface area contributed by atoms with Crippen molar-refractivity contribution < 1.29 is 14.4 Å². The summed E-state index contributed by atoms with van der Waals surface area (Å²) in [5, 5.41) is 4.93. The molecule has 3 rings (SSSR count). The van der Waals surface area contributed by atoms with Crippen molar-refractivity contribution in [1.29, 1.82) is 0 Å². The highest BCUT2D eigenvalue weighted by Crippen LogP contribution is 2.25. The number of rotatable bonds is 1. The molecule has 1 aromatic rings. The molecule has 0 saturated carbocycles. The molecule has 21 heavy (non-hydrogen) atoms. The number of carbonyl (C=O) groups excluding carboxylic acids is 3. The van der Waals surface area contributed by atoms with Gasteiger partial charge in [0.1, 0.15) is 5.54 Å². The van der Waals surface area contributed by atoms with Crippen LogP contribution < -0.4 is 10.6 Å². The summed E-state index contributed by atoms with van der Waals surface area (Å²) < 4.78 is 0. The summed E-state index contributed by atoms with van der Waals surface area (Å²) in [7, 11) is 0. The van der Waals surface area contributed by atoms with Gasteiger partial charge in [0.25, 0.3) is 11.8 Å². The second kappa shape index (κ2) is 4.87. The van der Waals surface area contributed by atoms with Crippen LogP contribution in [-0.4, -0.2) is 41.4 Å². The van der Waals surface area contributed by atoms with Gasteiger partial charge < -0.3 is 10.2 Å². The quantitative estimate of drug-likeness (QED) is 0.750. The first-order valence-electron chi connectivity index (χ1n) is 7.00. The number of urea groups is 1. The minimum absolute atomic E-state index is 0.108. The van der Waals surface area contributed by atoms with Gasteiger partial charge in [0.05, 0.1) is 6.54 Å². The first kappa shape index (κ1) is 13.6. The van der Waals surface area contributed by atoms with Crippen LogP contribution in [0.5, 0.6) is 0 Å². The van der Waals surface area contributed by atoms with Gasteiger partial charge in [-0.15, -0.1) is 0 Å². The second-order valence-electron chi connectivity index (χ2n) is 5.69. The van der Waals surface area contributed by atoms with Gasteiger partial charge in [-0.3, -0.25) is 14.9 Å². The number of hydrogen-bond acceptors (Lipinski definition) is 3. The molecule has 1 unspecified atom stereocenters. The molecule has 1 atom stereocenters. The summed E-state index contributed by atoms with van der Waals surface area (Å²) in [6, 6.07) is 6.86. The lowest BCUT2D eigenvalue weighted by molar-refractivity contribution is -0.125. The van der Waals surface area contributed by atoms with Gasteiger partial charge >= 0.3 is 6.03 Å². The highest BCUT2D eigenvalue weighted by atomic mass is 16.2. The van der Waals surface area contributed by atoms with Crippen molar-refractivity contribution in [2.45, 2.75) is 25.3 Å². The van der Waals surface area contributed by atoms with Gasteiger partial charge in [0.15, 0.2) is 0 Å². The molecule has 0 aliphatic carbocycles. The van der Waals surface area contributed by atoms with Crippen molar-refractivity contribution in [3.05, 3.63) is 35.4 Å². The lowest BCUT2D eigenvalue weighted by Gasteiger charge is -2.38. The van der Waals surface area contributed by atoms with Crippen LogP contribution in [-0.2, 0) is 4.79 Å². The molecule has 2 N–H and O–H groups in total. The van der Waals surface area contributed by atoms with Crippen LogP contribution in [0, 0.1) is 6.92 Å². The van der Waals surface area contributed by atoms with Crippen LogP contribution in [0.25, 0.3) is 0 Å². The molecular formula is C15H17N3O3. The first-order valence-corrected chi connectivity index (χ1v) is 7.00. The Morgan fingerprint density at radius 1 is 1.24 bits per heavy atom. The van der Waals surface area contributed by atoms with E-state index in [9.17, 15) is 14.4 Å². The Morgan fingerprint density at radius 3 is 2.57 bits per heavy atom. The third-order valence-electron chi connectivity index (χ3n) is 4.09. The molecule has 110 valence electrons. The van der Waals surface area contributed by atoms with E-state index in [1.807, 2.05) is 19.1 Å². The fourth-order valence-electron chi connectivity index (χ4n) is 2.92. The maximum absolute atomic E-state index is 12.5. The lowest BCUT2D eigenvalue weighted by Crippen LogP contribution is -2.59. The number of aryl methyl sites for hydroxylation is 1. The molecule has 6 nitrogen and oxygen atoms in total. The van der Waals surface area contributed by atoms with Crippen LogP contribution in [0.4, 0.5) is 4.79 Å². The molecular weight excluding hydrogens is 270 g/mol. The van der Waals surface area contributed by atoms with Crippen molar-refractivity contribution in [2.24, 2.45) is 0 Å². The molecule has 2 aliphatic heterocycles. The molecule has 2 fully saturated rings. The highest BCUT2D eigenvalue weighted by Gasteiger charge is 2.49. The fourth-order valence-corrected chi connectivity index (χ4v) is 2.92. The Morgan fingerprint density at radius 2 is 1.95 bits per heavy atom. The van der Waals surface area contributed by atoms with E-state index in [-0.39, 0.29) is 18.4 Å². The van der Waals surface area contributed by atoms with E-state index in [0.717, 1.165) is 5.56 Å². The van der Waals surface area contributed by atoms with Crippen molar-refractivity contribution >= 4 is 17.8 Å². The van der Waals surface area contributed by atoms with E-state index in [1.54, 1.807) is 17.0 Å². The predicted octanol–water partition coefficient (Wildman–Crippen LogP) is 0.809. The summed E-state index contributed by atoms with van der Waals surface area (Å²) in [5.74, 6) is -0.447. The maximum Gasteiger partial charge on any atom is 0.322 e. The number of imide groups is 1. The number of hydrogen-bond donors (Lipinski definition) is 2. The zero-order valence-electron chi connectivity index (χ0n) is 11.8. The molecule has 1 spiro atoms. The summed E-state index contributed by atoms with van der Waals surface area (Å²) in [6.45, 7) is 2.78. The number of piperidine rings is 1. The van der Waals surface area contributed by atoms with Crippen LogP contribution in [0.1, 0.15) is 28.8 Å². The van der Waals surface area contributed by atoms with E-state index in [0.29, 0.717) is 24.9 Å². The maximum atomic E-state index is 12.5. The monoisotopic (exact) mass is 287 g/mol. The van der Waals surface area contributed by atoms with Gasteiger partial charge in [0.2, 0.25) is 0 Å². The Hall–Kier alpha value is -2.37. The molecule has 0 aromatic heterocycles. The second-order valence-corrected chi connectivity index (χ2v) is 5.69. The molecule has 2 saturated heterocycles. The molecule has 0 radical (unpaired) electrons. The van der Waals surface area contributed by atoms with E-state index < -0.39 is 11.6 Å². The van der Waals surface area contributed by atoms with Crippen molar-refractivity contribution in [1.82, 2.24) is 15.5 Å². The molecule has 0 bridgehead atoms. The van der Waals surface area contributed by atoms with Gasteiger partial charge in [-0.25, -0.2) is 4.79 Å². The standard InChI is InChI=1S/C15H17N3O3/c1-10-3-5-11(6-4-10)12(19)18-8-2-7-15(9-18)13(20)16-14(21)17-15/h3-6H,2,7-9H2,1H3,(H2,16,17,20,21). The summed E-state index contributed by atoms with van der Waals surface area (Å²) >= 11 is 0. The van der Waals surface area contributed by atoms with Gasteiger partial charge in [0, 0.05) is 12.1 Å². The number of benzene rings is 1. The van der Waals surface area contributed by atoms with Crippen molar-refractivity contribution in [3.63, 3.8) is 0 Å². The van der Waals surface area contributed by atoms with E-state index in [4.69, 9.17) is 0 Å². The predicted molar refractivity (Wildman–Crippen MR) is 75.7 cm³/mol. The summed E-state index contributed by atoms with van der Waals surface area (Å²) in [6.07, 6.45) is 1.24. The normalized spacial score (nSPS) is 24.9. The Bertz CT molecular complexity index is 611. The van der Waals surface area contributed by atoms with Gasteiger partial charge in [-0.1, -0.05) is 17.7 Å². The van der Waals surface area contributed by atoms with Crippen molar-refractivity contribution in [2.75, 3.05) is 13.1 Å². The smallest absolute Gasteiger partial charge is 0.322 e. The van der Waals surface area contributed by atoms with E-state index in [2.05, 4.69) is 10.6 Å². The third-order valence-corrected chi connectivity index (χ3v) is 4.09. The molecule has 2 heterocycles. The highest BCUT2D eigenvalue weighted by molar-refractivity contribution is 6.07. The number of carbonyl (C=O) groups is 3. The lowest BCUT2D eigenvalue weighted by atomic mass is 9.89. The van der Waals surface area contributed by atoms with E-state index >= 15 is 0 Å². The average molecular weight is 287 g/mol. The van der Waals surface area contributed by atoms with Crippen LogP contribution >= 0.6 is 0 Å². The third kappa shape index (κ3) is 2.37. The molecule has 6 heteroatoms. The zero-order chi connectivity index (χ0) is 15.0. The molecule has 4 amide bonds. The summed E-state index contributed by atoms with van der Waals surface area (Å²) in [5.41, 5.74) is 0.724. The van der Waals surface area contributed by atoms with Crippen LogP contribution in [0.15, 0.2) is 24.3 Å². The van der Waals surface area contributed by atoms with E-state index in [1.165, 1.54) is 0 Å². The fraction of sp³-hybridized carbons (Fsp3) is 0.400. The summed E-state index contributed by atoms with van der Waals surface area (Å²) in [4.78, 5) is 37.5. The first-order chi connectivity index (χ1) is 10.00.